The van der Waals surface area contributed by atoms with Gasteiger partial charge in [0.05, 0.1) is 5.56 Å². The minimum atomic E-state index is -1.09. The Balaban J connectivity index is 2.04. The Morgan fingerprint density at radius 3 is 2.35 bits per heavy atom. The Kier molecular flexibility index (Phi) is 4.50. The van der Waals surface area contributed by atoms with Crippen molar-refractivity contribution in [3.63, 3.8) is 0 Å². The summed E-state index contributed by atoms with van der Waals surface area (Å²) in [6, 6.07) is 14.6. The lowest BCUT2D eigenvalue weighted by Gasteiger charge is -2.31. The number of ether oxygens (including phenoxy) is 2. The van der Waals surface area contributed by atoms with E-state index in [0.717, 1.165) is 11.1 Å². The van der Waals surface area contributed by atoms with Crippen LogP contribution in [0.25, 0.3) is 0 Å². The Morgan fingerprint density at radius 1 is 1.08 bits per heavy atom. The topological polar surface area (TPSA) is 68.2 Å². The molecule has 0 aromatic heterocycles. The molecule has 1 amide bonds. The Bertz CT molecular complexity index is 889. The van der Waals surface area contributed by atoms with Crippen LogP contribution >= 0.6 is 0 Å². The molecule has 0 N–H and O–H groups in total. The molecular formula is C20H20N2O4. The molecule has 2 aromatic rings. The number of hydrogen-bond acceptors (Lipinski definition) is 5. The van der Waals surface area contributed by atoms with Crippen molar-refractivity contribution in [1.82, 2.24) is 5.01 Å². The van der Waals surface area contributed by atoms with Crippen molar-refractivity contribution < 1.29 is 19.1 Å². The lowest BCUT2D eigenvalue weighted by Crippen LogP contribution is -2.41. The second-order valence-corrected chi connectivity index (χ2v) is 6.28. The third-order valence-corrected chi connectivity index (χ3v) is 4.15. The number of para-hydroxylation sites is 1. The maximum absolute atomic E-state index is 12.2. The number of benzene rings is 2. The summed E-state index contributed by atoms with van der Waals surface area (Å²) in [6.07, 6.45) is 0. The average Bonchev–Trinajstić information content (AvgIpc) is 2.94. The average molecular weight is 352 g/mol. The molecule has 1 atom stereocenters. The van der Waals surface area contributed by atoms with Crippen molar-refractivity contribution in [2.45, 2.75) is 33.4 Å². The van der Waals surface area contributed by atoms with Gasteiger partial charge in [-0.2, -0.15) is 5.01 Å². The number of rotatable bonds is 3. The zero-order chi connectivity index (χ0) is 18.9. The van der Waals surface area contributed by atoms with E-state index in [4.69, 9.17) is 9.47 Å². The number of nitrogens with zero attached hydrogens (tertiary/aromatic N) is 2. The van der Waals surface area contributed by atoms with Gasteiger partial charge in [0.15, 0.2) is 0 Å². The smallest absolute Gasteiger partial charge is 0.308 e. The molecule has 0 fully saturated rings. The Labute approximate surface area is 152 Å². The molecule has 1 unspecified atom stereocenters. The second kappa shape index (κ2) is 6.63. The maximum Gasteiger partial charge on any atom is 0.308 e. The minimum absolute atomic E-state index is 0.222. The van der Waals surface area contributed by atoms with E-state index in [9.17, 15) is 9.59 Å². The third-order valence-electron chi connectivity index (χ3n) is 4.15. The number of esters is 1. The molecule has 6 heteroatoms. The van der Waals surface area contributed by atoms with Crippen LogP contribution in [0.15, 0.2) is 53.6 Å². The van der Waals surface area contributed by atoms with E-state index in [0.29, 0.717) is 11.3 Å². The lowest BCUT2D eigenvalue weighted by atomic mass is 10.0. The molecule has 0 saturated heterocycles. The number of amides is 1. The zero-order valence-electron chi connectivity index (χ0n) is 15.1. The second-order valence-electron chi connectivity index (χ2n) is 6.28. The van der Waals surface area contributed by atoms with Gasteiger partial charge in [-0.3, -0.25) is 9.59 Å². The van der Waals surface area contributed by atoms with E-state index < -0.39 is 11.7 Å². The van der Waals surface area contributed by atoms with Crippen LogP contribution < -0.4 is 4.74 Å². The van der Waals surface area contributed by atoms with Crippen LogP contribution in [0.2, 0.25) is 0 Å². The summed E-state index contributed by atoms with van der Waals surface area (Å²) >= 11 is 0. The van der Waals surface area contributed by atoms with Gasteiger partial charge < -0.3 is 9.47 Å². The molecule has 6 nitrogen and oxygen atoms in total. The summed E-state index contributed by atoms with van der Waals surface area (Å²) < 4.78 is 11.4. The van der Waals surface area contributed by atoms with Gasteiger partial charge in [0.2, 0.25) is 17.5 Å². The summed E-state index contributed by atoms with van der Waals surface area (Å²) in [7, 11) is 0. The summed E-state index contributed by atoms with van der Waals surface area (Å²) in [6.45, 7) is 6.53. The predicted octanol–water partition coefficient (Wildman–Crippen LogP) is 3.33. The highest BCUT2D eigenvalue weighted by molar-refractivity contribution is 5.99. The first-order valence-corrected chi connectivity index (χ1v) is 8.24. The number of hydrogen-bond donors (Lipinski definition) is 0. The van der Waals surface area contributed by atoms with Crippen LogP contribution in [0, 0.1) is 6.92 Å². The van der Waals surface area contributed by atoms with Gasteiger partial charge >= 0.3 is 5.97 Å². The van der Waals surface area contributed by atoms with Crippen LogP contribution in [-0.2, 0) is 20.1 Å². The largest absolute Gasteiger partial charge is 0.443 e. The molecule has 2 aromatic carbocycles. The Hall–Kier alpha value is -3.15. The SMILES string of the molecule is CC(=O)Oc1ccccc1C1=NN(C(C)=O)C(C)(c2ccc(C)cc2)O1. The summed E-state index contributed by atoms with van der Waals surface area (Å²) in [5, 5.41) is 5.67. The molecule has 0 saturated carbocycles. The molecule has 3 rings (SSSR count). The first-order valence-electron chi connectivity index (χ1n) is 8.24. The van der Waals surface area contributed by atoms with E-state index in [1.165, 1.54) is 18.9 Å². The van der Waals surface area contributed by atoms with E-state index in [1.54, 1.807) is 31.2 Å². The fourth-order valence-corrected chi connectivity index (χ4v) is 2.85. The van der Waals surface area contributed by atoms with Gasteiger partial charge in [-0.25, -0.2) is 0 Å². The highest BCUT2D eigenvalue weighted by atomic mass is 16.6. The van der Waals surface area contributed by atoms with Gasteiger partial charge in [0, 0.05) is 26.3 Å². The molecule has 0 spiro atoms. The van der Waals surface area contributed by atoms with Gasteiger partial charge in [0.1, 0.15) is 5.75 Å². The molecule has 26 heavy (non-hydrogen) atoms. The quantitative estimate of drug-likeness (QED) is 0.628. The van der Waals surface area contributed by atoms with Crippen molar-refractivity contribution in [2.24, 2.45) is 5.10 Å². The van der Waals surface area contributed by atoms with Crippen LogP contribution in [0.5, 0.6) is 5.75 Å². The standard InChI is InChI=1S/C20H20N2O4/c1-13-9-11-16(12-10-13)20(4)22(14(2)23)21-19(26-20)17-7-5-6-8-18(17)25-15(3)24/h5-12H,1-4H3. The molecule has 1 aliphatic heterocycles. The predicted molar refractivity (Wildman–Crippen MR) is 96.4 cm³/mol. The molecule has 1 heterocycles. The molecule has 0 aliphatic carbocycles. The number of carbonyl (C=O) groups excluding carboxylic acids is 2. The molecular weight excluding hydrogens is 332 g/mol. The first-order chi connectivity index (χ1) is 12.3. The van der Waals surface area contributed by atoms with Crippen molar-refractivity contribution in [3.8, 4) is 5.75 Å². The van der Waals surface area contributed by atoms with Gasteiger partial charge in [0.25, 0.3) is 0 Å². The van der Waals surface area contributed by atoms with E-state index in [-0.39, 0.29) is 11.8 Å². The maximum atomic E-state index is 12.2. The zero-order valence-corrected chi connectivity index (χ0v) is 15.1. The number of aryl methyl sites for hydroxylation is 1. The van der Waals surface area contributed by atoms with Crippen molar-refractivity contribution >= 4 is 17.8 Å². The fourth-order valence-electron chi connectivity index (χ4n) is 2.85. The molecule has 1 aliphatic rings. The van der Waals surface area contributed by atoms with Crippen LogP contribution in [0.3, 0.4) is 0 Å². The van der Waals surface area contributed by atoms with E-state index >= 15 is 0 Å². The van der Waals surface area contributed by atoms with Crippen LogP contribution in [0.4, 0.5) is 0 Å². The molecule has 134 valence electrons. The lowest BCUT2D eigenvalue weighted by molar-refractivity contribution is -0.146. The van der Waals surface area contributed by atoms with Gasteiger partial charge in [-0.1, -0.05) is 42.0 Å². The molecule has 0 bridgehead atoms. The van der Waals surface area contributed by atoms with Crippen molar-refractivity contribution in [3.05, 3.63) is 65.2 Å². The monoisotopic (exact) mass is 352 g/mol. The van der Waals surface area contributed by atoms with Gasteiger partial charge in [-0.15, -0.1) is 5.10 Å². The Morgan fingerprint density at radius 2 is 1.73 bits per heavy atom. The van der Waals surface area contributed by atoms with E-state index in [2.05, 4.69) is 5.10 Å². The summed E-state index contributed by atoms with van der Waals surface area (Å²) in [5.74, 6) is -0.149. The van der Waals surface area contributed by atoms with Crippen molar-refractivity contribution in [1.29, 1.82) is 0 Å². The summed E-state index contributed by atoms with van der Waals surface area (Å²) in [4.78, 5) is 23.6. The number of carbonyl (C=O) groups is 2. The van der Waals surface area contributed by atoms with Crippen LogP contribution in [0.1, 0.15) is 37.5 Å². The molecule has 0 radical (unpaired) electrons. The van der Waals surface area contributed by atoms with E-state index in [1.807, 2.05) is 31.2 Å². The minimum Gasteiger partial charge on any atom is -0.443 e. The first kappa shape index (κ1) is 17.7. The highest BCUT2D eigenvalue weighted by Gasteiger charge is 2.45. The third kappa shape index (κ3) is 3.18. The fraction of sp³-hybridized carbons (Fsp3) is 0.250. The van der Waals surface area contributed by atoms with Crippen molar-refractivity contribution in [2.75, 3.05) is 0 Å². The van der Waals surface area contributed by atoms with Crippen LogP contribution in [-0.4, -0.2) is 22.8 Å². The highest BCUT2D eigenvalue weighted by Crippen LogP contribution is 2.38. The van der Waals surface area contributed by atoms with Gasteiger partial charge in [-0.05, 0) is 19.1 Å². The number of hydrazone groups is 1. The summed E-state index contributed by atoms with van der Waals surface area (Å²) in [5.41, 5.74) is 1.32. The normalized spacial score (nSPS) is 18.9.